The lowest BCUT2D eigenvalue weighted by Gasteiger charge is -2.15. The summed E-state index contributed by atoms with van der Waals surface area (Å²) in [7, 11) is 5.10. The molecular formula is C12H14N4O3. The molecule has 7 nitrogen and oxygen atoms in total. The van der Waals surface area contributed by atoms with Crippen LogP contribution in [-0.4, -0.2) is 28.6 Å². The van der Waals surface area contributed by atoms with E-state index < -0.39 is 4.92 Å². The van der Waals surface area contributed by atoms with E-state index in [-0.39, 0.29) is 11.2 Å². The van der Waals surface area contributed by atoms with Gasteiger partial charge in [0, 0.05) is 33.3 Å². The summed E-state index contributed by atoms with van der Waals surface area (Å²) in [5, 5.41) is 11.3. The molecule has 0 radical (unpaired) electrons. The molecule has 0 amide bonds. The number of rotatable bonds is 2. The molecule has 1 heterocycles. The Balaban J connectivity index is 3.00. The molecule has 0 bridgehead atoms. The Morgan fingerprint density at radius 3 is 2.53 bits per heavy atom. The predicted molar refractivity (Wildman–Crippen MR) is 72.7 cm³/mol. The number of non-ortho nitro benzene ring substituents is 1. The zero-order valence-corrected chi connectivity index (χ0v) is 11.2. The Labute approximate surface area is 109 Å². The molecule has 0 N–H and O–H groups in total. The van der Waals surface area contributed by atoms with E-state index in [1.54, 1.807) is 33.0 Å². The average Bonchev–Trinajstić information content (AvgIpc) is 2.34. The molecule has 7 heteroatoms. The zero-order chi connectivity index (χ0) is 14.3. The predicted octanol–water partition coefficient (Wildman–Crippen LogP) is 1.22. The Kier molecular flexibility index (Phi) is 2.97. The molecule has 2 aromatic rings. The van der Waals surface area contributed by atoms with Crippen LogP contribution in [0.4, 0.5) is 11.4 Å². The highest BCUT2D eigenvalue weighted by Crippen LogP contribution is 2.27. The van der Waals surface area contributed by atoms with Gasteiger partial charge in [0.15, 0.2) is 0 Å². The average molecular weight is 262 g/mol. The number of anilines is 1. The van der Waals surface area contributed by atoms with Crippen molar-refractivity contribution in [1.29, 1.82) is 0 Å². The third kappa shape index (κ3) is 2.03. The summed E-state index contributed by atoms with van der Waals surface area (Å²) in [4.78, 5) is 28.7. The number of nitrogens with zero attached hydrogens (tertiary/aromatic N) is 4. The number of aryl methyl sites for hydroxylation is 1. The first-order valence-corrected chi connectivity index (χ1v) is 5.66. The summed E-state index contributed by atoms with van der Waals surface area (Å²) in [5.41, 5.74) is 0.563. The van der Waals surface area contributed by atoms with E-state index in [1.165, 1.54) is 16.7 Å². The maximum atomic E-state index is 12.3. The summed E-state index contributed by atoms with van der Waals surface area (Å²) >= 11 is 0. The van der Waals surface area contributed by atoms with E-state index in [2.05, 4.69) is 4.98 Å². The number of hydrogen-bond acceptors (Lipinski definition) is 5. The Morgan fingerprint density at radius 1 is 1.37 bits per heavy atom. The normalized spacial score (nSPS) is 10.7. The van der Waals surface area contributed by atoms with Crippen molar-refractivity contribution >= 4 is 22.3 Å². The highest BCUT2D eigenvalue weighted by Gasteiger charge is 2.17. The third-order valence-electron chi connectivity index (χ3n) is 3.06. The lowest BCUT2D eigenvalue weighted by molar-refractivity contribution is -0.384. The standard InChI is InChI=1S/C12H14N4O3/c1-7-13-9-5-8(16(18)19)6-10(14(2)3)11(9)12(17)15(7)4/h5-6H,1-4H3. The molecule has 0 saturated heterocycles. The fourth-order valence-electron chi connectivity index (χ4n) is 1.93. The van der Waals surface area contributed by atoms with Crippen LogP contribution < -0.4 is 10.5 Å². The van der Waals surface area contributed by atoms with Gasteiger partial charge in [-0.05, 0) is 6.92 Å². The molecule has 1 aromatic heterocycles. The second-order valence-electron chi connectivity index (χ2n) is 4.53. The summed E-state index contributed by atoms with van der Waals surface area (Å²) in [6.45, 7) is 1.69. The van der Waals surface area contributed by atoms with E-state index >= 15 is 0 Å². The van der Waals surface area contributed by atoms with Crippen molar-refractivity contribution in [3.63, 3.8) is 0 Å². The fourth-order valence-corrected chi connectivity index (χ4v) is 1.93. The minimum atomic E-state index is -0.485. The van der Waals surface area contributed by atoms with Crippen molar-refractivity contribution in [3.8, 4) is 0 Å². The first-order chi connectivity index (χ1) is 8.82. The van der Waals surface area contributed by atoms with E-state index in [9.17, 15) is 14.9 Å². The monoisotopic (exact) mass is 262 g/mol. The van der Waals surface area contributed by atoms with Crippen molar-refractivity contribution in [3.05, 3.63) is 38.4 Å². The molecule has 0 aliphatic heterocycles. The van der Waals surface area contributed by atoms with Crippen LogP contribution in [0.1, 0.15) is 5.82 Å². The van der Waals surface area contributed by atoms with Crippen LogP contribution in [0.3, 0.4) is 0 Å². The maximum absolute atomic E-state index is 12.3. The van der Waals surface area contributed by atoms with E-state index in [1.807, 2.05) is 0 Å². The summed E-state index contributed by atoms with van der Waals surface area (Å²) in [6, 6.07) is 2.72. The lowest BCUT2D eigenvalue weighted by Crippen LogP contribution is -2.23. The highest BCUT2D eigenvalue weighted by atomic mass is 16.6. The first kappa shape index (κ1) is 13.0. The van der Waals surface area contributed by atoms with Crippen molar-refractivity contribution in [2.75, 3.05) is 19.0 Å². The molecule has 19 heavy (non-hydrogen) atoms. The zero-order valence-electron chi connectivity index (χ0n) is 11.2. The van der Waals surface area contributed by atoms with Crippen molar-refractivity contribution in [2.45, 2.75) is 6.92 Å². The Morgan fingerprint density at radius 2 is 2.00 bits per heavy atom. The molecule has 2 rings (SSSR count). The smallest absolute Gasteiger partial charge is 0.273 e. The maximum Gasteiger partial charge on any atom is 0.273 e. The summed E-state index contributed by atoms with van der Waals surface area (Å²) in [6.07, 6.45) is 0. The molecule has 0 aliphatic carbocycles. The molecule has 1 aromatic carbocycles. The third-order valence-corrected chi connectivity index (χ3v) is 3.06. The van der Waals surface area contributed by atoms with Gasteiger partial charge in [-0.2, -0.15) is 0 Å². The van der Waals surface area contributed by atoms with Crippen LogP contribution in [0.2, 0.25) is 0 Å². The lowest BCUT2D eigenvalue weighted by atomic mass is 10.1. The Bertz CT molecular complexity index is 734. The first-order valence-electron chi connectivity index (χ1n) is 5.66. The quantitative estimate of drug-likeness (QED) is 0.600. The van der Waals surface area contributed by atoms with E-state index in [0.29, 0.717) is 22.4 Å². The van der Waals surface area contributed by atoms with E-state index in [0.717, 1.165) is 0 Å². The van der Waals surface area contributed by atoms with Gasteiger partial charge < -0.3 is 4.90 Å². The molecule has 0 atom stereocenters. The minimum absolute atomic E-state index is 0.0728. The molecule has 0 unspecified atom stereocenters. The Hall–Kier alpha value is -2.44. The molecule has 0 spiro atoms. The van der Waals surface area contributed by atoms with Gasteiger partial charge in [-0.3, -0.25) is 19.5 Å². The summed E-state index contributed by atoms with van der Waals surface area (Å²) in [5.74, 6) is 0.516. The van der Waals surface area contributed by atoms with Crippen LogP contribution in [0.15, 0.2) is 16.9 Å². The van der Waals surface area contributed by atoms with Crippen molar-refractivity contribution < 1.29 is 4.92 Å². The number of fused-ring (bicyclic) bond motifs is 1. The summed E-state index contributed by atoms with van der Waals surface area (Å²) < 4.78 is 1.43. The largest absolute Gasteiger partial charge is 0.377 e. The minimum Gasteiger partial charge on any atom is -0.377 e. The van der Waals surface area contributed by atoms with Gasteiger partial charge >= 0.3 is 0 Å². The van der Waals surface area contributed by atoms with E-state index in [4.69, 9.17) is 0 Å². The van der Waals surface area contributed by atoms with Gasteiger partial charge in [0.1, 0.15) is 5.82 Å². The van der Waals surface area contributed by atoms with Gasteiger partial charge in [0.05, 0.1) is 21.5 Å². The number of nitro groups is 1. The fraction of sp³-hybridized carbons (Fsp3) is 0.333. The second-order valence-corrected chi connectivity index (χ2v) is 4.53. The van der Waals surface area contributed by atoms with Crippen LogP contribution >= 0.6 is 0 Å². The van der Waals surface area contributed by atoms with Crippen LogP contribution in [0.5, 0.6) is 0 Å². The molecule has 0 aliphatic rings. The van der Waals surface area contributed by atoms with Crippen LogP contribution in [-0.2, 0) is 7.05 Å². The van der Waals surface area contributed by atoms with Gasteiger partial charge in [0.2, 0.25) is 0 Å². The molecular weight excluding hydrogens is 248 g/mol. The van der Waals surface area contributed by atoms with Gasteiger partial charge in [0.25, 0.3) is 11.2 Å². The number of benzene rings is 1. The second kappa shape index (κ2) is 4.34. The number of aromatic nitrogens is 2. The molecule has 0 fully saturated rings. The van der Waals surface area contributed by atoms with Crippen LogP contribution in [0.25, 0.3) is 10.9 Å². The highest BCUT2D eigenvalue weighted by molar-refractivity contribution is 5.93. The topological polar surface area (TPSA) is 81.3 Å². The van der Waals surface area contributed by atoms with Gasteiger partial charge in [-0.15, -0.1) is 0 Å². The van der Waals surface area contributed by atoms with Crippen LogP contribution in [0, 0.1) is 17.0 Å². The molecule has 0 saturated carbocycles. The van der Waals surface area contributed by atoms with Gasteiger partial charge in [-0.25, -0.2) is 4.98 Å². The van der Waals surface area contributed by atoms with Gasteiger partial charge in [-0.1, -0.05) is 0 Å². The number of nitro benzene ring substituents is 1. The SMILES string of the molecule is Cc1nc2cc([N+](=O)[O-])cc(N(C)C)c2c(=O)n1C. The molecule has 100 valence electrons. The van der Waals surface area contributed by atoms with Crippen molar-refractivity contribution in [2.24, 2.45) is 7.05 Å². The number of hydrogen-bond donors (Lipinski definition) is 0. The van der Waals surface area contributed by atoms with Crippen molar-refractivity contribution in [1.82, 2.24) is 9.55 Å².